The number of ether oxygens (including phenoxy) is 1. The van der Waals surface area contributed by atoms with E-state index in [-0.39, 0.29) is 12.1 Å². The normalized spacial score (nSPS) is 16.5. The average Bonchev–Trinajstić information content (AvgIpc) is 3.03. The first-order chi connectivity index (χ1) is 11.3. The summed E-state index contributed by atoms with van der Waals surface area (Å²) in [4.78, 5) is 4.12. The molecule has 1 aliphatic heterocycles. The number of hydrogen-bond acceptors (Lipinski definition) is 5. The number of anilines is 1. The van der Waals surface area contributed by atoms with Crippen molar-refractivity contribution in [2.24, 2.45) is 0 Å². The van der Waals surface area contributed by atoms with Crippen LogP contribution in [0.2, 0.25) is 0 Å². The van der Waals surface area contributed by atoms with Gasteiger partial charge in [0.05, 0.1) is 0 Å². The van der Waals surface area contributed by atoms with Crippen LogP contribution in [0.1, 0.15) is 5.56 Å². The molecular formula is C18H15N3O2. The number of rotatable bonds is 3. The molecule has 4 rings (SSSR count). The second-order valence-electron chi connectivity index (χ2n) is 5.31. The van der Waals surface area contributed by atoms with Crippen LogP contribution < -0.4 is 10.6 Å². The van der Waals surface area contributed by atoms with Crippen molar-refractivity contribution < 1.29 is 9.84 Å². The Morgan fingerprint density at radius 1 is 1.09 bits per heavy atom. The predicted octanol–water partition coefficient (Wildman–Crippen LogP) is 3.25. The smallest absolute Gasteiger partial charge is 0.248 e. The summed E-state index contributed by atoms with van der Waals surface area (Å²) in [6.45, 7) is 0. The van der Waals surface area contributed by atoms with Crippen LogP contribution in [0, 0.1) is 0 Å². The van der Waals surface area contributed by atoms with Crippen molar-refractivity contribution in [3.05, 3.63) is 72.7 Å². The van der Waals surface area contributed by atoms with Crippen molar-refractivity contribution in [3.63, 3.8) is 0 Å². The molecule has 0 fully saturated rings. The van der Waals surface area contributed by atoms with Gasteiger partial charge >= 0.3 is 0 Å². The number of nitrogens with one attached hydrogen (secondary N) is 2. The summed E-state index contributed by atoms with van der Waals surface area (Å²) in [6.07, 6.45) is 5.08. The molecule has 0 amide bonds. The first-order valence-corrected chi connectivity index (χ1v) is 7.30. The quantitative estimate of drug-likeness (QED) is 0.693. The molecule has 1 aromatic heterocycles. The van der Waals surface area contributed by atoms with Crippen molar-refractivity contribution in [3.8, 4) is 5.75 Å². The van der Waals surface area contributed by atoms with E-state index in [4.69, 9.17) is 4.74 Å². The van der Waals surface area contributed by atoms with E-state index >= 15 is 0 Å². The zero-order valence-corrected chi connectivity index (χ0v) is 12.2. The van der Waals surface area contributed by atoms with Crippen LogP contribution in [0.5, 0.6) is 5.75 Å². The maximum Gasteiger partial charge on any atom is 0.248 e. The number of nitrogens with zero attached hydrogens (tertiary/aromatic N) is 1. The number of aromatic nitrogens is 1. The van der Waals surface area contributed by atoms with E-state index in [1.165, 1.54) is 0 Å². The van der Waals surface area contributed by atoms with Gasteiger partial charge in [-0.2, -0.15) is 0 Å². The molecule has 0 aliphatic carbocycles. The van der Waals surface area contributed by atoms with Crippen LogP contribution >= 0.6 is 0 Å². The molecule has 0 bridgehead atoms. The first kappa shape index (κ1) is 13.5. The Balaban J connectivity index is 1.50. The highest BCUT2D eigenvalue weighted by atomic mass is 16.5. The van der Waals surface area contributed by atoms with Gasteiger partial charge in [-0.3, -0.25) is 4.98 Å². The predicted molar refractivity (Wildman–Crippen MR) is 89.5 cm³/mol. The standard InChI is InChI=1S/C18H15N3O2/c22-16-3-1-2-15(9-16)21-18-20-11-17(23-18)13-4-5-14-10-19-7-6-12(14)8-13/h1-11,18,20-22H. The van der Waals surface area contributed by atoms with Crippen molar-refractivity contribution in [2.45, 2.75) is 6.35 Å². The van der Waals surface area contributed by atoms with Gasteiger partial charge < -0.3 is 20.5 Å². The lowest BCUT2D eigenvalue weighted by Crippen LogP contribution is -2.30. The largest absolute Gasteiger partial charge is 0.508 e. The third kappa shape index (κ3) is 2.76. The molecular weight excluding hydrogens is 290 g/mol. The van der Waals surface area contributed by atoms with Crippen molar-refractivity contribution in [2.75, 3.05) is 5.32 Å². The van der Waals surface area contributed by atoms with Gasteiger partial charge in [-0.15, -0.1) is 0 Å². The molecule has 3 aromatic rings. The summed E-state index contributed by atoms with van der Waals surface area (Å²) < 4.78 is 5.88. The molecule has 0 spiro atoms. The molecule has 1 atom stereocenters. The van der Waals surface area contributed by atoms with E-state index in [0.717, 1.165) is 27.8 Å². The fourth-order valence-corrected chi connectivity index (χ4v) is 2.55. The van der Waals surface area contributed by atoms with Crippen LogP contribution in [0.3, 0.4) is 0 Å². The number of aromatic hydroxyl groups is 1. The van der Waals surface area contributed by atoms with E-state index in [2.05, 4.69) is 21.7 Å². The molecule has 0 saturated carbocycles. The number of fused-ring (bicyclic) bond motifs is 1. The molecule has 2 heterocycles. The Morgan fingerprint density at radius 2 is 2.04 bits per heavy atom. The van der Waals surface area contributed by atoms with E-state index in [0.29, 0.717) is 0 Å². The van der Waals surface area contributed by atoms with Crippen LogP contribution in [0.4, 0.5) is 5.69 Å². The average molecular weight is 305 g/mol. The van der Waals surface area contributed by atoms with Gasteiger partial charge in [-0.05, 0) is 29.7 Å². The van der Waals surface area contributed by atoms with Crippen molar-refractivity contribution in [1.29, 1.82) is 0 Å². The Bertz CT molecular complexity index is 892. The summed E-state index contributed by atoms with van der Waals surface area (Å²) in [5.41, 5.74) is 1.78. The molecule has 114 valence electrons. The molecule has 5 nitrogen and oxygen atoms in total. The Labute approximate surface area is 133 Å². The van der Waals surface area contributed by atoms with Crippen LogP contribution in [-0.4, -0.2) is 16.4 Å². The highest BCUT2D eigenvalue weighted by Crippen LogP contribution is 2.25. The fraction of sp³-hybridized carbons (Fsp3) is 0.0556. The second kappa shape index (κ2) is 5.53. The summed E-state index contributed by atoms with van der Waals surface area (Å²) in [7, 11) is 0. The van der Waals surface area contributed by atoms with E-state index in [1.54, 1.807) is 24.4 Å². The minimum absolute atomic E-state index is 0.212. The fourth-order valence-electron chi connectivity index (χ4n) is 2.55. The third-order valence-electron chi connectivity index (χ3n) is 3.68. The monoisotopic (exact) mass is 305 g/mol. The Kier molecular flexibility index (Phi) is 3.24. The molecule has 3 N–H and O–H groups in total. The zero-order valence-electron chi connectivity index (χ0n) is 12.2. The minimum Gasteiger partial charge on any atom is -0.508 e. The highest BCUT2D eigenvalue weighted by molar-refractivity contribution is 5.84. The highest BCUT2D eigenvalue weighted by Gasteiger charge is 2.18. The molecule has 23 heavy (non-hydrogen) atoms. The third-order valence-corrected chi connectivity index (χ3v) is 3.68. The van der Waals surface area contributed by atoms with Gasteiger partial charge in [0.15, 0.2) is 0 Å². The number of benzene rings is 2. The van der Waals surface area contributed by atoms with E-state index < -0.39 is 0 Å². The maximum atomic E-state index is 9.50. The van der Waals surface area contributed by atoms with Crippen LogP contribution in [0.25, 0.3) is 16.5 Å². The van der Waals surface area contributed by atoms with E-state index in [9.17, 15) is 5.11 Å². The van der Waals surface area contributed by atoms with Gasteiger partial charge in [0.25, 0.3) is 0 Å². The molecule has 0 saturated heterocycles. The van der Waals surface area contributed by atoms with Gasteiger partial charge in [-0.1, -0.05) is 18.2 Å². The lowest BCUT2D eigenvalue weighted by molar-refractivity contribution is 0.199. The lowest BCUT2D eigenvalue weighted by Gasteiger charge is -2.16. The van der Waals surface area contributed by atoms with Crippen molar-refractivity contribution >= 4 is 22.2 Å². The zero-order chi connectivity index (χ0) is 15.6. The summed E-state index contributed by atoms with van der Waals surface area (Å²) in [5.74, 6) is 0.977. The van der Waals surface area contributed by atoms with Gasteiger partial charge in [0.1, 0.15) is 11.5 Å². The number of phenolic OH excluding ortho intramolecular Hbond substituents is 1. The van der Waals surface area contributed by atoms with Gasteiger partial charge in [0, 0.05) is 41.3 Å². The molecule has 1 unspecified atom stereocenters. The number of hydrogen-bond donors (Lipinski definition) is 3. The minimum atomic E-state index is -0.375. The van der Waals surface area contributed by atoms with Gasteiger partial charge in [-0.25, -0.2) is 0 Å². The topological polar surface area (TPSA) is 66.4 Å². The second-order valence-corrected chi connectivity index (χ2v) is 5.31. The Morgan fingerprint density at radius 3 is 2.96 bits per heavy atom. The summed E-state index contributed by atoms with van der Waals surface area (Å²) >= 11 is 0. The molecule has 5 heteroatoms. The lowest BCUT2D eigenvalue weighted by atomic mass is 10.1. The molecule has 0 radical (unpaired) electrons. The number of phenols is 1. The van der Waals surface area contributed by atoms with Gasteiger partial charge in [0.2, 0.25) is 6.35 Å². The molecule has 1 aliphatic rings. The summed E-state index contributed by atoms with van der Waals surface area (Å²) in [5, 5.41) is 18.0. The maximum absolute atomic E-state index is 9.50. The summed E-state index contributed by atoms with van der Waals surface area (Å²) in [6, 6.07) is 15.0. The Hall–Kier alpha value is -3.21. The van der Waals surface area contributed by atoms with Crippen LogP contribution in [0.15, 0.2) is 67.1 Å². The van der Waals surface area contributed by atoms with Crippen LogP contribution in [-0.2, 0) is 4.74 Å². The van der Waals surface area contributed by atoms with Crippen molar-refractivity contribution in [1.82, 2.24) is 10.3 Å². The number of pyridine rings is 1. The van der Waals surface area contributed by atoms with E-state index in [1.807, 2.05) is 36.7 Å². The SMILES string of the molecule is Oc1cccc(NC2NC=C(c3ccc4cnccc4c3)O2)c1. The first-order valence-electron chi connectivity index (χ1n) is 7.30. The molecule has 2 aromatic carbocycles.